The summed E-state index contributed by atoms with van der Waals surface area (Å²) in [5, 5.41) is 22.3. The summed E-state index contributed by atoms with van der Waals surface area (Å²) in [5.41, 5.74) is 5.79. The fraction of sp³-hybridized carbons (Fsp3) is 0.393. The molecule has 0 spiro atoms. The van der Waals surface area contributed by atoms with Crippen molar-refractivity contribution in [2.75, 3.05) is 14.1 Å². The summed E-state index contributed by atoms with van der Waals surface area (Å²) >= 11 is 0. The molecular formula is C28H28N2O7. The second kappa shape index (κ2) is 8.43. The molecule has 0 aliphatic heterocycles. The van der Waals surface area contributed by atoms with E-state index in [9.17, 15) is 34.2 Å². The van der Waals surface area contributed by atoms with Crippen LogP contribution >= 0.6 is 0 Å². The number of primary amides is 1. The number of amides is 1. The fourth-order valence-corrected chi connectivity index (χ4v) is 6.69. The van der Waals surface area contributed by atoms with Crippen molar-refractivity contribution < 1.29 is 34.2 Å². The predicted octanol–water partition coefficient (Wildman–Crippen LogP) is 0.842. The Bertz CT molecular complexity index is 1400. The Morgan fingerprint density at radius 2 is 1.78 bits per heavy atom. The van der Waals surface area contributed by atoms with Crippen LogP contribution in [0.1, 0.15) is 27.9 Å². The van der Waals surface area contributed by atoms with E-state index in [2.05, 4.69) is 0 Å². The number of benzene rings is 2. The quantitative estimate of drug-likeness (QED) is 0.520. The van der Waals surface area contributed by atoms with E-state index in [-0.39, 0.29) is 24.2 Å². The number of aromatic hydroxyl groups is 1. The number of rotatable bonds is 3. The van der Waals surface area contributed by atoms with Crippen molar-refractivity contribution in [3.05, 3.63) is 53.1 Å². The molecule has 2 saturated carbocycles. The van der Waals surface area contributed by atoms with Gasteiger partial charge < -0.3 is 15.9 Å². The molecule has 3 aliphatic carbocycles. The highest BCUT2D eigenvalue weighted by Gasteiger charge is 2.69. The zero-order valence-electron chi connectivity index (χ0n) is 20.7. The molecule has 3 aliphatic rings. The molecule has 1 amide bonds. The van der Waals surface area contributed by atoms with E-state index in [0.29, 0.717) is 5.56 Å². The minimum Gasteiger partial charge on any atom is -0.507 e. The van der Waals surface area contributed by atoms with Gasteiger partial charge in [-0.3, -0.25) is 28.9 Å². The Kier molecular flexibility index (Phi) is 5.69. The Labute approximate surface area is 213 Å². The highest BCUT2D eigenvalue weighted by Crippen LogP contribution is 2.51. The Morgan fingerprint density at radius 1 is 1.08 bits per heavy atom. The molecule has 0 radical (unpaired) electrons. The summed E-state index contributed by atoms with van der Waals surface area (Å²) in [5.74, 6) is -10.4. The molecule has 2 fully saturated rings. The van der Waals surface area contributed by atoms with Gasteiger partial charge in [0.2, 0.25) is 5.91 Å². The molecule has 0 aromatic heterocycles. The Hall–Kier alpha value is -3.69. The van der Waals surface area contributed by atoms with E-state index in [4.69, 9.17) is 5.73 Å². The lowest BCUT2D eigenvalue weighted by Crippen LogP contribution is -2.74. The first-order valence-electron chi connectivity index (χ1n) is 12.2. The van der Waals surface area contributed by atoms with Crippen LogP contribution in [-0.4, -0.2) is 69.9 Å². The number of fused-ring (bicyclic) bond motifs is 3. The maximum atomic E-state index is 13.8. The monoisotopic (exact) mass is 504 g/mol. The van der Waals surface area contributed by atoms with Crippen molar-refractivity contribution in [1.82, 2.24) is 4.90 Å². The molecule has 2 aromatic rings. The van der Waals surface area contributed by atoms with E-state index < -0.39 is 64.4 Å². The van der Waals surface area contributed by atoms with Gasteiger partial charge in [-0.15, -0.1) is 0 Å². The number of Topliss-reactive ketones (excluding diaryl/α,β-unsaturated/α-hetero) is 4. The average Bonchev–Trinajstić information content (AvgIpc) is 2.81. The van der Waals surface area contributed by atoms with Crippen LogP contribution in [0.3, 0.4) is 0 Å². The van der Waals surface area contributed by atoms with Crippen molar-refractivity contribution in [3.63, 3.8) is 0 Å². The number of carbonyl (C=O) groups excluding carboxylic acids is 5. The zero-order chi connectivity index (χ0) is 27.0. The molecule has 2 unspecified atom stereocenters. The summed E-state index contributed by atoms with van der Waals surface area (Å²) < 4.78 is 0. The van der Waals surface area contributed by atoms with Crippen molar-refractivity contribution in [1.29, 1.82) is 0 Å². The Morgan fingerprint density at radius 3 is 2.41 bits per heavy atom. The van der Waals surface area contributed by atoms with E-state index in [1.165, 1.54) is 11.0 Å². The third-order valence-electron chi connectivity index (χ3n) is 8.27. The van der Waals surface area contributed by atoms with Gasteiger partial charge in [0.15, 0.2) is 34.7 Å². The maximum absolute atomic E-state index is 13.8. The molecule has 0 bridgehead atoms. The summed E-state index contributed by atoms with van der Waals surface area (Å²) in [6.07, 6.45) is 0.246. The lowest BCUT2D eigenvalue weighted by atomic mass is 9.52. The molecule has 9 nitrogen and oxygen atoms in total. The maximum Gasteiger partial charge on any atom is 0.235 e. The van der Waals surface area contributed by atoms with Crippen LogP contribution in [0.5, 0.6) is 5.75 Å². The summed E-state index contributed by atoms with van der Waals surface area (Å²) in [6, 6.07) is 9.68. The van der Waals surface area contributed by atoms with Crippen LogP contribution in [0.2, 0.25) is 0 Å². The van der Waals surface area contributed by atoms with Crippen LogP contribution in [0.4, 0.5) is 0 Å². The molecule has 9 heteroatoms. The topological polar surface area (TPSA) is 155 Å². The van der Waals surface area contributed by atoms with E-state index in [0.717, 1.165) is 16.7 Å². The molecule has 4 N–H and O–H groups in total. The molecule has 37 heavy (non-hydrogen) atoms. The van der Waals surface area contributed by atoms with Crippen molar-refractivity contribution in [2.24, 2.45) is 29.4 Å². The van der Waals surface area contributed by atoms with Crippen LogP contribution < -0.4 is 5.73 Å². The summed E-state index contributed by atoms with van der Waals surface area (Å²) in [6.45, 7) is 1.94. The largest absolute Gasteiger partial charge is 0.507 e. The van der Waals surface area contributed by atoms with Crippen LogP contribution in [0.15, 0.2) is 36.4 Å². The summed E-state index contributed by atoms with van der Waals surface area (Å²) in [7, 11) is 3.12. The molecule has 192 valence electrons. The number of nitrogens with two attached hydrogens (primary N) is 1. The lowest BCUT2D eigenvalue weighted by Gasteiger charge is -2.52. The molecule has 0 saturated heterocycles. The number of hydrogen-bond donors (Lipinski definition) is 3. The van der Waals surface area contributed by atoms with Gasteiger partial charge in [-0.05, 0) is 62.5 Å². The molecular weight excluding hydrogens is 476 g/mol. The summed E-state index contributed by atoms with van der Waals surface area (Å²) in [4.78, 5) is 67.6. The second-order valence-electron chi connectivity index (χ2n) is 10.6. The number of ketones is 4. The van der Waals surface area contributed by atoms with Crippen LogP contribution in [0.25, 0.3) is 11.1 Å². The first-order valence-corrected chi connectivity index (χ1v) is 12.2. The van der Waals surface area contributed by atoms with E-state index in [1.54, 1.807) is 20.2 Å². The van der Waals surface area contributed by atoms with Gasteiger partial charge in [0.25, 0.3) is 0 Å². The van der Waals surface area contributed by atoms with Crippen molar-refractivity contribution >= 4 is 29.0 Å². The van der Waals surface area contributed by atoms with E-state index in [1.807, 2.05) is 31.2 Å². The van der Waals surface area contributed by atoms with Gasteiger partial charge in [-0.2, -0.15) is 0 Å². The smallest absolute Gasteiger partial charge is 0.235 e. The standard InChI is InChI=1S/C28H28N2O7/c1-12-5-4-6-13(9-12)15-7-8-18(31)20-16(15)10-14-11-17-22(30(2)3)24(33)21(27(29)36)26(35)28(17,37)25(34)19(14)23(20)32/h4-9,14,17,19,21-22,31,37H,10-11H2,1-3H3,(H2,29,36)/t14-,17-,19?,21?,22-,28-/m0/s1. The first-order chi connectivity index (χ1) is 17.4. The Balaban J connectivity index is 1.67. The molecule has 0 heterocycles. The number of hydrogen-bond acceptors (Lipinski definition) is 8. The number of carbonyl (C=O) groups is 5. The molecule has 5 rings (SSSR count). The molecule has 2 aromatic carbocycles. The van der Waals surface area contributed by atoms with Gasteiger partial charge in [0.05, 0.1) is 17.5 Å². The number of aryl methyl sites for hydroxylation is 1. The van der Waals surface area contributed by atoms with Crippen molar-refractivity contribution in [3.8, 4) is 16.9 Å². The second-order valence-corrected chi connectivity index (χ2v) is 10.6. The third kappa shape index (κ3) is 3.41. The first kappa shape index (κ1) is 25.0. The zero-order valence-corrected chi connectivity index (χ0v) is 20.7. The highest BCUT2D eigenvalue weighted by molar-refractivity contribution is 6.32. The highest BCUT2D eigenvalue weighted by atomic mass is 16.3. The van der Waals surface area contributed by atoms with Crippen molar-refractivity contribution in [2.45, 2.75) is 31.4 Å². The van der Waals surface area contributed by atoms with Gasteiger partial charge in [-0.1, -0.05) is 35.9 Å². The normalized spacial score (nSPS) is 31.1. The lowest BCUT2D eigenvalue weighted by molar-refractivity contribution is -0.181. The van der Waals surface area contributed by atoms with Gasteiger partial charge >= 0.3 is 0 Å². The van der Waals surface area contributed by atoms with Gasteiger partial charge in [0, 0.05) is 5.92 Å². The minimum absolute atomic E-state index is 0.00870. The molecule has 6 atom stereocenters. The van der Waals surface area contributed by atoms with Gasteiger partial charge in [-0.25, -0.2) is 0 Å². The van der Waals surface area contributed by atoms with Crippen LogP contribution in [0, 0.1) is 30.6 Å². The van der Waals surface area contributed by atoms with Crippen LogP contribution in [-0.2, 0) is 25.6 Å². The van der Waals surface area contributed by atoms with E-state index >= 15 is 0 Å². The fourth-order valence-electron chi connectivity index (χ4n) is 6.69. The number of phenols is 1. The number of nitrogens with zero attached hydrogens (tertiary/aromatic N) is 1. The SMILES string of the molecule is Cc1cccc(-c2ccc(O)c3c2C[C@H]2C[C@H]4[C@H](N(C)C)C(=O)C(C(N)=O)C(=O)[C@@]4(O)C(=O)C2C3=O)c1. The third-order valence-corrected chi connectivity index (χ3v) is 8.27. The number of aliphatic hydroxyl groups is 1. The van der Waals surface area contributed by atoms with Gasteiger partial charge in [0.1, 0.15) is 5.75 Å². The number of phenolic OH excluding ortho intramolecular Hbond substituents is 1. The average molecular weight is 505 g/mol. The number of likely N-dealkylation sites (N-methyl/N-ethyl adjacent to an activating group) is 1. The minimum atomic E-state index is -2.72. The predicted molar refractivity (Wildman–Crippen MR) is 132 cm³/mol.